The summed E-state index contributed by atoms with van der Waals surface area (Å²) in [6, 6.07) is 16.7. The smallest absolute Gasteiger partial charge is 0.337 e. The quantitative estimate of drug-likeness (QED) is 0.472. The third kappa shape index (κ3) is 4.86. The van der Waals surface area contributed by atoms with E-state index < -0.39 is 5.97 Å². The Balaban J connectivity index is 1.53. The van der Waals surface area contributed by atoms with Crippen LogP contribution in [0.25, 0.3) is 10.9 Å². The number of aromatic nitrogens is 1. The number of hydrogen-bond acceptors (Lipinski definition) is 6. The molecule has 0 radical (unpaired) electrons. The molecule has 3 rings (SSSR count). The molecule has 3 aromatic rings. The lowest BCUT2D eigenvalue weighted by molar-refractivity contribution is -0.141. The maximum absolute atomic E-state index is 12.0. The van der Waals surface area contributed by atoms with Crippen LogP contribution in [0.1, 0.15) is 21.5 Å². The highest BCUT2D eigenvalue weighted by molar-refractivity contribution is 7.99. The summed E-state index contributed by atoms with van der Waals surface area (Å²) in [6.45, 7) is 2.19. The third-order valence-electron chi connectivity index (χ3n) is 4.01. The highest BCUT2D eigenvalue weighted by Crippen LogP contribution is 2.23. The second-order valence-corrected chi connectivity index (χ2v) is 6.93. The fourth-order valence-corrected chi connectivity index (χ4v) is 3.36. The van der Waals surface area contributed by atoms with Crippen molar-refractivity contribution >= 4 is 34.6 Å². The van der Waals surface area contributed by atoms with Gasteiger partial charge in [0.2, 0.25) is 0 Å². The van der Waals surface area contributed by atoms with E-state index in [0.717, 1.165) is 27.1 Å². The number of aryl methyl sites for hydroxylation is 1. The average Bonchev–Trinajstić information content (AvgIpc) is 2.70. The summed E-state index contributed by atoms with van der Waals surface area (Å²) in [6.07, 6.45) is 0. The number of pyridine rings is 1. The maximum atomic E-state index is 12.0. The zero-order valence-electron chi connectivity index (χ0n) is 15.1. The Morgan fingerprint density at radius 1 is 1.07 bits per heavy atom. The van der Waals surface area contributed by atoms with Gasteiger partial charge < -0.3 is 9.47 Å². The van der Waals surface area contributed by atoms with Crippen LogP contribution < -0.4 is 0 Å². The van der Waals surface area contributed by atoms with E-state index in [1.165, 1.54) is 18.9 Å². The van der Waals surface area contributed by atoms with E-state index in [-0.39, 0.29) is 18.3 Å². The minimum absolute atomic E-state index is 0.158. The van der Waals surface area contributed by atoms with Crippen molar-refractivity contribution in [2.24, 2.45) is 0 Å². The molecule has 6 heteroatoms. The number of rotatable bonds is 6. The molecule has 0 aliphatic carbocycles. The molecule has 0 aliphatic rings. The number of esters is 2. The molecule has 1 aromatic heterocycles. The van der Waals surface area contributed by atoms with Crippen molar-refractivity contribution in [2.45, 2.75) is 18.6 Å². The monoisotopic (exact) mass is 381 g/mol. The van der Waals surface area contributed by atoms with E-state index in [0.29, 0.717) is 5.56 Å². The van der Waals surface area contributed by atoms with Crippen molar-refractivity contribution in [3.05, 3.63) is 71.3 Å². The molecule has 0 fully saturated rings. The standard InChI is InChI=1S/C21H19NO4S/c1-14-11-19(22-18-6-4-3-5-17(14)18)27-13-20(23)26-12-15-7-9-16(10-8-15)21(24)25-2/h3-11H,12-13H2,1-2H3. The van der Waals surface area contributed by atoms with Gasteiger partial charge >= 0.3 is 11.9 Å². The van der Waals surface area contributed by atoms with E-state index in [1.807, 2.05) is 37.3 Å². The van der Waals surface area contributed by atoms with Crippen molar-refractivity contribution in [2.75, 3.05) is 12.9 Å². The lowest BCUT2D eigenvalue weighted by atomic mass is 10.1. The van der Waals surface area contributed by atoms with Gasteiger partial charge in [0, 0.05) is 5.39 Å². The number of methoxy groups -OCH3 is 1. The van der Waals surface area contributed by atoms with Crippen molar-refractivity contribution in [3.8, 4) is 0 Å². The Kier molecular flexibility index (Phi) is 6.08. The van der Waals surface area contributed by atoms with E-state index in [2.05, 4.69) is 9.72 Å². The first kappa shape index (κ1) is 18.9. The van der Waals surface area contributed by atoms with Gasteiger partial charge in [-0.15, -0.1) is 0 Å². The van der Waals surface area contributed by atoms with Gasteiger partial charge in [-0.3, -0.25) is 4.79 Å². The summed E-state index contributed by atoms with van der Waals surface area (Å²) in [4.78, 5) is 28.0. The van der Waals surface area contributed by atoms with E-state index in [9.17, 15) is 9.59 Å². The number of carbonyl (C=O) groups is 2. The zero-order valence-corrected chi connectivity index (χ0v) is 15.9. The predicted molar refractivity (Wildman–Crippen MR) is 105 cm³/mol. The second-order valence-electron chi connectivity index (χ2n) is 5.93. The van der Waals surface area contributed by atoms with Gasteiger partial charge in [-0.1, -0.05) is 42.1 Å². The molecule has 0 N–H and O–H groups in total. The molecule has 0 unspecified atom stereocenters. The Morgan fingerprint density at radius 3 is 2.56 bits per heavy atom. The third-order valence-corrected chi connectivity index (χ3v) is 4.90. The highest BCUT2D eigenvalue weighted by Gasteiger charge is 2.09. The molecule has 0 atom stereocenters. The van der Waals surface area contributed by atoms with Gasteiger partial charge in [-0.05, 0) is 42.3 Å². The van der Waals surface area contributed by atoms with Crippen LogP contribution in [0, 0.1) is 6.92 Å². The van der Waals surface area contributed by atoms with Crippen LogP contribution in [0.5, 0.6) is 0 Å². The van der Waals surface area contributed by atoms with Gasteiger partial charge in [-0.25, -0.2) is 9.78 Å². The van der Waals surface area contributed by atoms with Crippen molar-refractivity contribution in [1.82, 2.24) is 4.98 Å². The molecule has 0 amide bonds. The Morgan fingerprint density at radius 2 is 1.81 bits per heavy atom. The first-order valence-electron chi connectivity index (χ1n) is 8.39. The zero-order chi connectivity index (χ0) is 19.2. The van der Waals surface area contributed by atoms with E-state index in [1.54, 1.807) is 24.3 Å². The predicted octanol–water partition coefficient (Wildman–Crippen LogP) is 4.17. The lowest BCUT2D eigenvalue weighted by Crippen LogP contribution is -2.08. The van der Waals surface area contributed by atoms with Crippen LogP contribution in [0.15, 0.2) is 59.6 Å². The van der Waals surface area contributed by atoms with Crippen molar-refractivity contribution in [3.63, 3.8) is 0 Å². The topological polar surface area (TPSA) is 65.5 Å². The molecule has 0 spiro atoms. The summed E-state index contributed by atoms with van der Waals surface area (Å²) in [5.41, 5.74) is 3.31. The Labute approximate surface area is 161 Å². The number of ether oxygens (including phenoxy) is 2. The highest BCUT2D eigenvalue weighted by atomic mass is 32.2. The molecule has 1 heterocycles. The lowest BCUT2D eigenvalue weighted by Gasteiger charge is -2.07. The Hall–Kier alpha value is -2.86. The van der Waals surface area contributed by atoms with Crippen molar-refractivity contribution < 1.29 is 19.1 Å². The SMILES string of the molecule is COC(=O)c1ccc(COC(=O)CSc2cc(C)c3ccccc3n2)cc1. The molecule has 27 heavy (non-hydrogen) atoms. The van der Waals surface area contributed by atoms with E-state index in [4.69, 9.17) is 4.74 Å². The molecule has 5 nitrogen and oxygen atoms in total. The molecule has 0 bridgehead atoms. The van der Waals surface area contributed by atoms with Gasteiger partial charge in [0.1, 0.15) is 6.61 Å². The Bertz CT molecular complexity index is 970. The van der Waals surface area contributed by atoms with Crippen LogP contribution in [-0.4, -0.2) is 29.8 Å². The number of benzene rings is 2. The van der Waals surface area contributed by atoms with Crippen LogP contribution in [0.3, 0.4) is 0 Å². The molecular formula is C21H19NO4S. The van der Waals surface area contributed by atoms with Gasteiger partial charge in [0.15, 0.2) is 0 Å². The van der Waals surface area contributed by atoms with Gasteiger partial charge in [0.25, 0.3) is 0 Å². The molecular weight excluding hydrogens is 362 g/mol. The minimum atomic E-state index is -0.395. The summed E-state index contributed by atoms with van der Waals surface area (Å²) >= 11 is 1.36. The largest absolute Gasteiger partial charge is 0.465 e. The number of para-hydroxylation sites is 1. The summed E-state index contributed by atoms with van der Waals surface area (Å²) in [7, 11) is 1.33. The minimum Gasteiger partial charge on any atom is -0.465 e. The molecule has 0 saturated heterocycles. The van der Waals surface area contributed by atoms with Crippen molar-refractivity contribution in [1.29, 1.82) is 0 Å². The summed E-state index contributed by atoms with van der Waals surface area (Å²) in [5.74, 6) is -0.525. The molecule has 138 valence electrons. The van der Waals surface area contributed by atoms with Gasteiger partial charge in [0.05, 0.1) is 29.0 Å². The first-order chi connectivity index (χ1) is 13.1. The maximum Gasteiger partial charge on any atom is 0.337 e. The number of thioether (sulfide) groups is 1. The molecule has 0 saturated carbocycles. The second kappa shape index (κ2) is 8.68. The first-order valence-corrected chi connectivity index (χ1v) is 9.37. The molecule has 2 aromatic carbocycles. The van der Waals surface area contributed by atoms with Crippen LogP contribution >= 0.6 is 11.8 Å². The summed E-state index contributed by atoms with van der Waals surface area (Å²) < 4.78 is 9.94. The normalized spacial score (nSPS) is 10.6. The fraction of sp³-hybridized carbons (Fsp3) is 0.190. The average molecular weight is 381 g/mol. The number of carbonyl (C=O) groups excluding carboxylic acids is 2. The van der Waals surface area contributed by atoms with Crippen LogP contribution in [0.4, 0.5) is 0 Å². The number of nitrogens with zero attached hydrogens (tertiary/aromatic N) is 1. The number of hydrogen-bond donors (Lipinski definition) is 0. The van der Waals surface area contributed by atoms with Gasteiger partial charge in [-0.2, -0.15) is 0 Å². The van der Waals surface area contributed by atoms with Crippen LogP contribution in [0.2, 0.25) is 0 Å². The number of fused-ring (bicyclic) bond motifs is 1. The van der Waals surface area contributed by atoms with Crippen LogP contribution in [-0.2, 0) is 20.9 Å². The molecule has 0 aliphatic heterocycles. The summed E-state index contributed by atoms with van der Waals surface area (Å²) in [5, 5.41) is 1.91. The van der Waals surface area contributed by atoms with E-state index >= 15 is 0 Å². The fourth-order valence-electron chi connectivity index (χ4n) is 2.59.